The van der Waals surface area contributed by atoms with Crippen molar-refractivity contribution < 1.29 is 13.5 Å². The second-order valence-corrected chi connectivity index (χ2v) is 7.51. The smallest absolute Gasteiger partial charge is 0.236 e. The molecule has 0 atom stereocenters. The van der Waals surface area contributed by atoms with Crippen molar-refractivity contribution in [3.8, 4) is 0 Å². The molecular weight excluding hydrogens is 378 g/mol. The van der Waals surface area contributed by atoms with E-state index in [2.05, 4.69) is 20.7 Å². The van der Waals surface area contributed by atoms with Crippen LogP contribution in [-0.2, 0) is 22.4 Å². The number of halogens is 2. The number of hydrogen-bond acceptors (Lipinski definition) is 3. The summed E-state index contributed by atoms with van der Waals surface area (Å²) in [6.45, 7) is -0.125. The van der Waals surface area contributed by atoms with E-state index in [0.717, 1.165) is 4.47 Å². The summed E-state index contributed by atoms with van der Waals surface area (Å²) in [5, 5.41) is 9.39. The van der Waals surface area contributed by atoms with Gasteiger partial charge in [0.25, 0.3) is 0 Å². The number of aliphatic hydroxyl groups excluding tert-OH is 1. The molecule has 0 bridgehead atoms. The first kappa shape index (κ1) is 16.3. The Morgan fingerprint density at radius 2 is 1.86 bits per heavy atom. The van der Waals surface area contributed by atoms with Crippen molar-refractivity contribution in [2.45, 2.75) is 12.4 Å². The minimum Gasteiger partial charge on any atom is -0.392 e. The third kappa shape index (κ3) is 4.71. The summed E-state index contributed by atoms with van der Waals surface area (Å²) in [4.78, 5) is 0. The van der Waals surface area contributed by atoms with Crippen LogP contribution in [0.2, 0.25) is 5.02 Å². The zero-order valence-corrected chi connectivity index (χ0v) is 14.0. The molecule has 0 aliphatic rings. The lowest BCUT2D eigenvalue weighted by Gasteiger charge is -2.10. The normalized spacial score (nSPS) is 11.4. The molecule has 0 radical (unpaired) electrons. The third-order valence-corrected chi connectivity index (χ3v) is 4.78. The molecule has 0 aromatic heterocycles. The lowest BCUT2D eigenvalue weighted by atomic mass is 10.1. The zero-order valence-electron chi connectivity index (χ0n) is 10.9. The van der Waals surface area contributed by atoms with Crippen molar-refractivity contribution in [2.75, 3.05) is 4.72 Å². The Labute approximate surface area is 136 Å². The molecule has 2 aromatic rings. The van der Waals surface area contributed by atoms with Crippen LogP contribution in [0.25, 0.3) is 0 Å². The molecule has 4 nitrogen and oxygen atoms in total. The lowest BCUT2D eigenvalue weighted by Crippen LogP contribution is -2.15. The van der Waals surface area contributed by atoms with Gasteiger partial charge in [-0.1, -0.05) is 51.8 Å². The quantitative estimate of drug-likeness (QED) is 0.820. The summed E-state index contributed by atoms with van der Waals surface area (Å²) in [6, 6.07) is 11.7. The molecule has 2 N–H and O–H groups in total. The molecule has 0 aliphatic carbocycles. The van der Waals surface area contributed by atoms with Gasteiger partial charge in [-0.25, -0.2) is 8.42 Å². The predicted molar refractivity (Wildman–Crippen MR) is 87.8 cm³/mol. The summed E-state index contributed by atoms with van der Waals surface area (Å²) < 4.78 is 27.6. The van der Waals surface area contributed by atoms with E-state index in [9.17, 15) is 8.42 Å². The number of anilines is 1. The Hall–Kier alpha value is -1.08. The molecule has 0 aliphatic heterocycles. The molecule has 0 saturated heterocycles. The van der Waals surface area contributed by atoms with E-state index in [0.29, 0.717) is 21.8 Å². The van der Waals surface area contributed by atoms with Gasteiger partial charge in [0.05, 0.1) is 23.1 Å². The van der Waals surface area contributed by atoms with Gasteiger partial charge in [-0.3, -0.25) is 4.72 Å². The fourth-order valence-electron chi connectivity index (χ4n) is 1.81. The topological polar surface area (TPSA) is 66.4 Å². The number of rotatable bonds is 5. The fourth-order valence-corrected chi connectivity index (χ4v) is 3.79. The van der Waals surface area contributed by atoms with E-state index >= 15 is 0 Å². The molecule has 0 spiro atoms. The second kappa shape index (κ2) is 6.79. The molecular formula is C14H13BrClNO3S. The highest BCUT2D eigenvalue weighted by atomic mass is 79.9. The number of benzene rings is 2. The average molecular weight is 391 g/mol. The first-order valence-electron chi connectivity index (χ1n) is 6.04. The Kier molecular flexibility index (Phi) is 5.27. The molecule has 0 amide bonds. The number of hydrogen-bond donors (Lipinski definition) is 2. The van der Waals surface area contributed by atoms with Crippen molar-refractivity contribution in [1.82, 2.24) is 0 Å². The number of sulfonamides is 1. The summed E-state index contributed by atoms with van der Waals surface area (Å²) in [5.41, 5.74) is 1.60. The highest BCUT2D eigenvalue weighted by Crippen LogP contribution is 2.27. The van der Waals surface area contributed by atoms with Crippen molar-refractivity contribution >= 4 is 43.2 Å². The monoisotopic (exact) mass is 389 g/mol. The van der Waals surface area contributed by atoms with Crippen molar-refractivity contribution in [3.05, 3.63) is 63.1 Å². The molecule has 2 aromatic carbocycles. The van der Waals surface area contributed by atoms with Gasteiger partial charge in [-0.15, -0.1) is 0 Å². The SMILES string of the molecule is O=S(=O)(Cc1cccc(CO)c1)Nc1ccc(Br)cc1Cl. The molecule has 0 saturated carbocycles. The van der Waals surface area contributed by atoms with Crippen LogP contribution in [0.1, 0.15) is 11.1 Å². The van der Waals surface area contributed by atoms with E-state index < -0.39 is 10.0 Å². The Bertz CT molecular complexity index is 750. The van der Waals surface area contributed by atoms with Gasteiger partial charge >= 0.3 is 0 Å². The molecule has 7 heteroatoms. The minimum absolute atomic E-state index is 0.125. The van der Waals surface area contributed by atoms with E-state index in [1.165, 1.54) is 0 Å². The summed E-state index contributed by atoms with van der Waals surface area (Å²) in [7, 11) is -3.58. The molecule has 2 rings (SSSR count). The summed E-state index contributed by atoms with van der Waals surface area (Å²) in [5.74, 6) is -0.187. The van der Waals surface area contributed by atoms with Crippen LogP contribution in [0.3, 0.4) is 0 Å². The predicted octanol–water partition coefficient (Wildman–Crippen LogP) is 3.54. The maximum Gasteiger partial charge on any atom is 0.236 e. The molecule has 21 heavy (non-hydrogen) atoms. The molecule has 0 unspecified atom stereocenters. The first-order chi connectivity index (χ1) is 9.89. The van der Waals surface area contributed by atoms with E-state index in [1.807, 2.05) is 0 Å². The van der Waals surface area contributed by atoms with Crippen LogP contribution < -0.4 is 4.72 Å². The summed E-state index contributed by atoms with van der Waals surface area (Å²) in [6.07, 6.45) is 0. The van der Waals surface area contributed by atoms with Gasteiger partial charge in [-0.2, -0.15) is 0 Å². The van der Waals surface area contributed by atoms with E-state index in [-0.39, 0.29) is 12.4 Å². The Balaban J connectivity index is 2.18. The highest BCUT2D eigenvalue weighted by Gasteiger charge is 2.14. The van der Waals surface area contributed by atoms with Gasteiger partial charge in [0, 0.05) is 4.47 Å². The first-order valence-corrected chi connectivity index (χ1v) is 8.86. The minimum atomic E-state index is -3.58. The van der Waals surface area contributed by atoms with Gasteiger partial charge in [0.1, 0.15) is 0 Å². The number of aliphatic hydroxyl groups is 1. The maximum atomic E-state index is 12.2. The van der Waals surface area contributed by atoms with Crippen LogP contribution in [-0.4, -0.2) is 13.5 Å². The number of nitrogens with one attached hydrogen (secondary N) is 1. The highest BCUT2D eigenvalue weighted by molar-refractivity contribution is 9.10. The van der Waals surface area contributed by atoms with Crippen LogP contribution >= 0.6 is 27.5 Å². The van der Waals surface area contributed by atoms with Gasteiger partial charge in [-0.05, 0) is 29.3 Å². The van der Waals surface area contributed by atoms with Crippen molar-refractivity contribution in [1.29, 1.82) is 0 Å². The zero-order chi connectivity index (χ0) is 15.5. The standard InChI is InChI=1S/C14H13BrClNO3S/c15-12-4-5-14(13(16)7-12)17-21(19,20)9-11-3-1-2-10(6-11)8-18/h1-7,17-18H,8-9H2. The third-order valence-electron chi connectivity index (χ3n) is 2.73. The molecule has 0 fully saturated rings. The second-order valence-electron chi connectivity index (χ2n) is 4.46. The van der Waals surface area contributed by atoms with Gasteiger partial charge < -0.3 is 5.11 Å². The van der Waals surface area contributed by atoms with Gasteiger partial charge in [0.2, 0.25) is 10.0 Å². The average Bonchev–Trinajstić information content (AvgIpc) is 2.41. The lowest BCUT2D eigenvalue weighted by molar-refractivity contribution is 0.282. The summed E-state index contributed by atoms with van der Waals surface area (Å²) >= 11 is 9.26. The van der Waals surface area contributed by atoms with Gasteiger partial charge in [0.15, 0.2) is 0 Å². The fraction of sp³-hybridized carbons (Fsp3) is 0.143. The van der Waals surface area contributed by atoms with Crippen molar-refractivity contribution in [2.24, 2.45) is 0 Å². The van der Waals surface area contributed by atoms with Crippen LogP contribution in [0.5, 0.6) is 0 Å². The Morgan fingerprint density at radius 3 is 2.52 bits per heavy atom. The van der Waals surface area contributed by atoms with Crippen LogP contribution in [0, 0.1) is 0 Å². The van der Waals surface area contributed by atoms with Crippen LogP contribution in [0.4, 0.5) is 5.69 Å². The van der Waals surface area contributed by atoms with E-state index in [4.69, 9.17) is 16.7 Å². The largest absolute Gasteiger partial charge is 0.392 e. The maximum absolute atomic E-state index is 12.2. The van der Waals surface area contributed by atoms with E-state index in [1.54, 1.807) is 42.5 Å². The van der Waals surface area contributed by atoms with Crippen LogP contribution in [0.15, 0.2) is 46.9 Å². The molecule has 0 heterocycles. The van der Waals surface area contributed by atoms with Crippen molar-refractivity contribution in [3.63, 3.8) is 0 Å². The Morgan fingerprint density at radius 1 is 1.14 bits per heavy atom. The molecule has 112 valence electrons.